The number of hydrogen-bond acceptors (Lipinski definition) is 3. The molecule has 19 heavy (non-hydrogen) atoms. The van der Waals surface area contributed by atoms with Crippen molar-refractivity contribution >= 4 is 17.3 Å². The standard InChI is InChI=1S/C14H22N4O/c1-11-5-4-6-12(18-7-9-19-10-8-18)13(11)17-14(15-2)16-3/h4-6H,7-10H2,1-3H3,(H2,15,16,17). The fourth-order valence-electron chi connectivity index (χ4n) is 2.20. The Balaban J connectivity index is 2.37. The number of nitrogens with zero attached hydrogens (tertiary/aromatic N) is 2. The Labute approximate surface area is 114 Å². The molecule has 0 saturated carbocycles. The van der Waals surface area contributed by atoms with E-state index >= 15 is 0 Å². The van der Waals surface area contributed by atoms with Gasteiger partial charge in [0, 0.05) is 27.2 Å². The van der Waals surface area contributed by atoms with Gasteiger partial charge in [-0.1, -0.05) is 12.1 Å². The zero-order chi connectivity index (χ0) is 13.7. The lowest BCUT2D eigenvalue weighted by Crippen LogP contribution is -2.36. The SMILES string of the molecule is CNC(=Nc1c(C)cccc1N1CCOCC1)NC. The molecule has 1 aromatic rings. The van der Waals surface area contributed by atoms with Gasteiger partial charge >= 0.3 is 0 Å². The van der Waals surface area contributed by atoms with E-state index < -0.39 is 0 Å². The predicted octanol–water partition coefficient (Wildman–Crippen LogP) is 1.26. The number of hydrogen-bond donors (Lipinski definition) is 2. The summed E-state index contributed by atoms with van der Waals surface area (Å²) in [6, 6.07) is 6.30. The number of guanidine groups is 1. The molecule has 0 aromatic heterocycles. The Bertz CT molecular complexity index is 447. The highest BCUT2D eigenvalue weighted by molar-refractivity contribution is 5.85. The molecule has 0 spiro atoms. The molecule has 2 N–H and O–H groups in total. The van der Waals surface area contributed by atoms with Crippen LogP contribution in [0.4, 0.5) is 11.4 Å². The van der Waals surface area contributed by atoms with E-state index in [1.807, 2.05) is 14.1 Å². The summed E-state index contributed by atoms with van der Waals surface area (Å²) in [5.74, 6) is 0.767. The number of para-hydroxylation sites is 1. The maximum absolute atomic E-state index is 5.41. The number of ether oxygens (including phenoxy) is 1. The molecule has 1 heterocycles. The average Bonchev–Trinajstić information content (AvgIpc) is 2.47. The van der Waals surface area contributed by atoms with Crippen molar-refractivity contribution in [3.8, 4) is 0 Å². The lowest BCUT2D eigenvalue weighted by atomic mass is 10.1. The van der Waals surface area contributed by atoms with Gasteiger partial charge in [-0.3, -0.25) is 0 Å². The zero-order valence-electron chi connectivity index (χ0n) is 11.9. The topological polar surface area (TPSA) is 48.9 Å². The van der Waals surface area contributed by atoms with E-state index in [4.69, 9.17) is 4.74 Å². The minimum absolute atomic E-state index is 0.767. The molecule has 5 nitrogen and oxygen atoms in total. The van der Waals surface area contributed by atoms with Crippen molar-refractivity contribution in [1.29, 1.82) is 0 Å². The Hall–Kier alpha value is -1.75. The molecule has 1 fully saturated rings. The smallest absolute Gasteiger partial charge is 0.196 e. The van der Waals surface area contributed by atoms with Gasteiger partial charge < -0.3 is 20.3 Å². The molecule has 1 aliphatic heterocycles. The maximum Gasteiger partial charge on any atom is 0.196 e. The molecule has 1 saturated heterocycles. The van der Waals surface area contributed by atoms with Gasteiger partial charge in [0.1, 0.15) is 0 Å². The maximum atomic E-state index is 5.41. The summed E-state index contributed by atoms with van der Waals surface area (Å²) >= 11 is 0. The van der Waals surface area contributed by atoms with Crippen molar-refractivity contribution in [3.63, 3.8) is 0 Å². The van der Waals surface area contributed by atoms with Crippen LogP contribution in [0, 0.1) is 6.92 Å². The second kappa shape index (κ2) is 6.43. The van der Waals surface area contributed by atoms with Gasteiger partial charge in [0.2, 0.25) is 0 Å². The molecule has 0 radical (unpaired) electrons. The summed E-state index contributed by atoms with van der Waals surface area (Å²) in [5, 5.41) is 6.11. The second-order valence-corrected chi connectivity index (χ2v) is 4.50. The third kappa shape index (κ3) is 3.17. The van der Waals surface area contributed by atoms with Gasteiger partial charge in [0.25, 0.3) is 0 Å². The highest BCUT2D eigenvalue weighted by atomic mass is 16.5. The van der Waals surface area contributed by atoms with E-state index in [-0.39, 0.29) is 0 Å². The Kier molecular flexibility index (Phi) is 4.63. The molecule has 0 unspecified atom stereocenters. The van der Waals surface area contributed by atoms with Crippen molar-refractivity contribution in [3.05, 3.63) is 23.8 Å². The molecular weight excluding hydrogens is 240 g/mol. The quantitative estimate of drug-likeness (QED) is 0.622. The van der Waals surface area contributed by atoms with E-state index in [1.54, 1.807) is 0 Å². The van der Waals surface area contributed by atoms with Crippen molar-refractivity contribution in [1.82, 2.24) is 10.6 Å². The lowest BCUT2D eigenvalue weighted by molar-refractivity contribution is 0.123. The summed E-state index contributed by atoms with van der Waals surface area (Å²) in [7, 11) is 3.73. The van der Waals surface area contributed by atoms with Gasteiger partial charge in [-0.05, 0) is 18.6 Å². The van der Waals surface area contributed by atoms with Crippen LogP contribution in [0.15, 0.2) is 23.2 Å². The molecule has 1 aromatic carbocycles. The fourth-order valence-corrected chi connectivity index (χ4v) is 2.20. The molecule has 1 aliphatic rings. The third-order valence-corrected chi connectivity index (χ3v) is 3.27. The lowest BCUT2D eigenvalue weighted by Gasteiger charge is -2.30. The summed E-state index contributed by atoms with van der Waals surface area (Å²) < 4.78 is 5.41. The first-order chi connectivity index (χ1) is 9.26. The van der Waals surface area contributed by atoms with E-state index in [2.05, 4.69) is 45.6 Å². The number of rotatable bonds is 2. The number of aryl methyl sites for hydroxylation is 1. The van der Waals surface area contributed by atoms with Crippen LogP contribution in [0.2, 0.25) is 0 Å². The second-order valence-electron chi connectivity index (χ2n) is 4.50. The summed E-state index contributed by atoms with van der Waals surface area (Å²) in [6.45, 7) is 5.48. The first-order valence-electron chi connectivity index (χ1n) is 6.62. The van der Waals surface area contributed by atoms with E-state index in [0.29, 0.717) is 0 Å². The number of benzene rings is 1. The van der Waals surface area contributed by atoms with E-state index in [9.17, 15) is 0 Å². The molecular formula is C14H22N4O. The first-order valence-corrected chi connectivity index (χ1v) is 6.62. The largest absolute Gasteiger partial charge is 0.378 e. The van der Waals surface area contributed by atoms with Gasteiger partial charge in [-0.2, -0.15) is 0 Å². The molecule has 0 bridgehead atoms. The van der Waals surface area contributed by atoms with Gasteiger partial charge in [0.15, 0.2) is 5.96 Å². The van der Waals surface area contributed by atoms with Gasteiger partial charge in [-0.25, -0.2) is 4.99 Å². The summed E-state index contributed by atoms with van der Waals surface area (Å²) in [4.78, 5) is 7.01. The van der Waals surface area contributed by atoms with Crippen molar-refractivity contribution in [2.45, 2.75) is 6.92 Å². The van der Waals surface area contributed by atoms with Crippen LogP contribution in [0.1, 0.15) is 5.56 Å². The minimum atomic E-state index is 0.767. The van der Waals surface area contributed by atoms with Crippen LogP contribution < -0.4 is 15.5 Å². The van der Waals surface area contributed by atoms with Gasteiger partial charge in [-0.15, -0.1) is 0 Å². The van der Waals surface area contributed by atoms with Crippen LogP contribution in [-0.2, 0) is 4.74 Å². The Morgan fingerprint density at radius 1 is 1.21 bits per heavy atom. The number of anilines is 1. The molecule has 104 valence electrons. The van der Waals surface area contributed by atoms with Crippen LogP contribution >= 0.6 is 0 Å². The van der Waals surface area contributed by atoms with Crippen molar-refractivity contribution in [2.24, 2.45) is 4.99 Å². The molecule has 0 amide bonds. The summed E-state index contributed by atoms with van der Waals surface area (Å²) in [5.41, 5.74) is 3.36. The predicted molar refractivity (Wildman–Crippen MR) is 79.4 cm³/mol. The first kappa shape index (κ1) is 13.7. The van der Waals surface area contributed by atoms with E-state index in [0.717, 1.165) is 38.0 Å². The fraction of sp³-hybridized carbons (Fsp3) is 0.500. The minimum Gasteiger partial charge on any atom is -0.378 e. The van der Waals surface area contributed by atoms with E-state index in [1.165, 1.54) is 11.3 Å². The van der Waals surface area contributed by atoms with Crippen molar-refractivity contribution < 1.29 is 4.74 Å². The average molecular weight is 262 g/mol. The molecule has 2 rings (SSSR count). The summed E-state index contributed by atoms with van der Waals surface area (Å²) in [6.07, 6.45) is 0. The molecule has 5 heteroatoms. The van der Waals surface area contributed by atoms with Crippen molar-refractivity contribution in [2.75, 3.05) is 45.3 Å². The highest BCUT2D eigenvalue weighted by Gasteiger charge is 2.16. The Morgan fingerprint density at radius 3 is 2.53 bits per heavy atom. The monoisotopic (exact) mass is 262 g/mol. The van der Waals surface area contributed by atoms with Crippen LogP contribution in [-0.4, -0.2) is 46.4 Å². The zero-order valence-corrected chi connectivity index (χ0v) is 11.9. The Morgan fingerprint density at radius 2 is 1.89 bits per heavy atom. The number of morpholine rings is 1. The van der Waals surface area contributed by atoms with Crippen LogP contribution in [0.5, 0.6) is 0 Å². The molecule has 0 aliphatic carbocycles. The highest BCUT2D eigenvalue weighted by Crippen LogP contribution is 2.32. The number of nitrogens with one attached hydrogen (secondary N) is 2. The third-order valence-electron chi connectivity index (χ3n) is 3.27. The van der Waals surface area contributed by atoms with Crippen LogP contribution in [0.25, 0.3) is 0 Å². The number of aliphatic imine (C=N–C) groups is 1. The van der Waals surface area contributed by atoms with Gasteiger partial charge in [0.05, 0.1) is 24.6 Å². The molecule has 0 atom stereocenters. The normalized spacial score (nSPS) is 15.0. The van der Waals surface area contributed by atoms with Crippen LogP contribution in [0.3, 0.4) is 0 Å².